The van der Waals surface area contributed by atoms with Crippen molar-refractivity contribution in [1.29, 1.82) is 5.26 Å². The fraction of sp³-hybridized carbons (Fsp3) is 0. The average Bonchev–Trinajstić information content (AvgIpc) is 2.82. The van der Waals surface area contributed by atoms with Crippen molar-refractivity contribution < 1.29 is 5.11 Å². The summed E-state index contributed by atoms with van der Waals surface area (Å²) in [6.07, 6.45) is 0. The highest BCUT2D eigenvalue weighted by atomic mass is 16.3. The number of aromatic amines is 1. The number of hydrogen-bond acceptors (Lipinski definition) is 6. The van der Waals surface area contributed by atoms with Crippen molar-refractivity contribution in [2.75, 3.05) is 0 Å². The Morgan fingerprint density at radius 3 is 2.69 bits per heavy atom. The normalized spacial score (nSPS) is 11.1. The lowest BCUT2D eigenvalue weighted by molar-refractivity contribution is -0.212. The molecule has 0 unspecified atom stereocenters. The van der Waals surface area contributed by atoms with Gasteiger partial charge in [-0.05, 0) is 28.8 Å². The zero-order chi connectivity index (χ0) is 11.4. The number of nitriles is 1. The maximum Gasteiger partial charge on any atom is 0.288 e. The molecule has 0 amide bonds. The van der Waals surface area contributed by atoms with Crippen molar-refractivity contribution in [3.63, 3.8) is 0 Å². The minimum Gasteiger partial charge on any atom is -0.858 e. The van der Waals surface area contributed by atoms with Crippen LogP contribution in [0.3, 0.4) is 0 Å². The number of H-pyrrole nitrogens is 1. The number of nitrogens with one attached hydrogen (secondary N) is 1. The molecule has 0 fully saturated rings. The Hall–Kier alpha value is -2.75. The minimum atomic E-state index is -0.481. The van der Waals surface area contributed by atoms with Gasteiger partial charge in [-0.1, -0.05) is 17.2 Å². The summed E-state index contributed by atoms with van der Waals surface area (Å²) in [5.41, 5.74) is 0.847. The van der Waals surface area contributed by atoms with Crippen molar-refractivity contribution in [2.45, 2.75) is 0 Å². The van der Waals surface area contributed by atoms with Crippen LogP contribution in [0.2, 0.25) is 0 Å². The first-order valence-corrected chi connectivity index (χ1v) is 4.29. The van der Waals surface area contributed by atoms with Gasteiger partial charge in [-0.2, -0.15) is 10.5 Å². The molecule has 7 heteroatoms. The summed E-state index contributed by atoms with van der Waals surface area (Å²) in [6.45, 7) is 0. The zero-order valence-electron chi connectivity index (χ0n) is 7.95. The Labute approximate surface area is 90.1 Å². The summed E-state index contributed by atoms with van der Waals surface area (Å²) in [7, 11) is 0. The van der Waals surface area contributed by atoms with E-state index in [0.717, 1.165) is 0 Å². The Morgan fingerprint density at radius 2 is 2.12 bits per heavy atom. The second kappa shape index (κ2) is 4.18. The van der Waals surface area contributed by atoms with Gasteiger partial charge < -0.3 is 5.11 Å². The third kappa shape index (κ3) is 2.01. The monoisotopic (exact) mass is 213 g/mol. The molecule has 0 aliphatic carbocycles. The molecule has 0 saturated heterocycles. The predicted molar refractivity (Wildman–Crippen MR) is 51.5 cm³/mol. The van der Waals surface area contributed by atoms with Gasteiger partial charge in [0.1, 0.15) is 0 Å². The lowest BCUT2D eigenvalue weighted by Gasteiger charge is -2.08. The van der Waals surface area contributed by atoms with Crippen molar-refractivity contribution in [2.24, 2.45) is 4.99 Å². The molecule has 16 heavy (non-hydrogen) atoms. The molecule has 0 bridgehead atoms. The van der Waals surface area contributed by atoms with Crippen LogP contribution in [-0.2, 0) is 0 Å². The lowest BCUT2D eigenvalue weighted by Crippen LogP contribution is -2.18. The van der Waals surface area contributed by atoms with Crippen molar-refractivity contribution >= 4 is 11.8 Å². The molecular formula is C9H5N6O-. The van der Waals surface area contributed by atoms with Gasteiger partial charge in [-0.3, -0.25) is 0 Å². The van der Waals surface area contributed by atoms with Crippen LogP contribution in [0.1, 0.15) is 11.1 Å². The summed E-state index contributed by atoms with van der Waals surface area (Å²) in [5, 5.41) is 32.6. The van der Waals surface area contributed by atoms with Gasteiger partial charge in [0.25, 0.3) is 5.95 Å². The van der Waals surface area contributed by atoms with E-state index in [9.17, 15) is 5.11 Å². The predicted octanol–water partition coefficient (Wildman–Crippen LogP) is -0.490. The molecule has 0 spiro atoms. The fourth-order valence-electron chi connectivity index (χ4n) is 1.05. The van der Waals surface area contributed by atoms with Crippen LogP contribution >= 0.6 is 0 Å². The van der Waals surface area contributed by atoms with Gasteiger partial charge in [0.15, 0.2) is 0 Å². The van der Waals surface area contributed by atoms with Crippen LogP contribution in [-0.4, -0.2) is 26.5 Å². The molecule has 0 atom stereocenters. The van der Waals surface area contributed by atoms with Crippen molar-refractivity contribution in [3.05, 3.63) is 35.4 Å². The summed E-state index contributed by atoms with van der Waals surface area (Å²) in [4.78, 5) is 3.61. The highest BCUT2D eigenvalue weighted by Gasteiger charge is 1.96. The lowest BCUT2D eigenvalue weighted by atomic mass is 10.1. The maximum absolute atomic E-state index is 11.5. The average molecular weight is 213 g/mol. The van der Waals surface area contributed by atoms with E-state index in [-0.39, 0.29) is 5.95 Å². The van der Waals surface area contributed by atoms with Gasteiger partial charge >= 0.3 is 0 Å². The van der Waals surface area contributed by atoms with Gasteiger partial charge in [-0.15, -0.1) is 5.10 Å². The summed E-state index contributed by atoms with van der Waals surface area (Å²) in [6, 6.07) is 8.08. The number of nitrogens with zero attached hydrogens (tertiary/aromatic N) is 5. The van der Waals surface area contributed by atoms with E-state index in [1.807, 2.05) is 6.07 Å². The molecule has 78 valence electrons. The Morgan fingerprint density at radius 1 is 1.38 bits per heavy atom. The molecule has 0 saturated carbocycles. The molecule has 2 aromatic rings. The van der Waals surface area contributed by atoms with E-state index in [0.29, 0.717) is 11.1 Å². The molecule has 1 aromatic carbocycles. The van der Waals surface area contributed by atoms with Crippen LogP contribution < -0.4 is 5.11 Å². The second-order valence-electron chi connectivity index (χ2n) is 2.82. The zero-order valence-corrected chi connectivity index (χ0v) is 7.95. The highest BCUT2D eigenvalue weighted by Crippen LogP contribution is 2.05. The third-order valence-electron chi connectivity index (χ3n) is 1.80. The number of aromatic nitrogens is 4. The molecule has 2 rings (SSSR count). The standard InChI is InChI=1S/C9H6N6O/c10-5-6-1-3-7(4-2-6)8(16)11-9-12-14-15-13-9/h1-4H,(H2,11,12,13,14,15,16)/p-1. The smallest absolute Gasteiger partial charge is 0.288 e. The second-order valence-corrected chi connectivity index (χ2v) is 2.82. The van der Waals surface area contributed by atoms with Gasteiger partial charge in [-0.25, -0.2) is 4.99 Å². The van der Waals surface area contributed by atoms with E-state index in [4.69, 9.17) is 5.26 Å². The third-order valence-corrected chi connectivity index (χ3v) is 1.80. The summed E-state index contributed by atoms with van der Waals surface area (Å²) >= 11 is 0. The number of rotatable bonds is 2. The summed E-state index contributed by atoms with van der Waals surface area (Å²) in [5.74, 6) is -0.500. The van der Waals surface area contributed by atoms with E-state index < -0.39 is 5.90 Å². The SMILES string of the molecule is N#Cc1ccc(C([O-])=Nc2nn[nH]n2)cc1. The van der Waals surface area contributed by atoms with Crippen molar-refractivity contribution in [3.8, 4) is 6.07 Å². The first kappa shape index (κ1) is 9.79. The molecular weight excluding hydrogens is 208 g/mol. The highest BCUT2D eigenvalue weighted by molar-refractivity contribution is 5.91. The Kier molecular flexibility index (Phi) is 2.56. The van der Waals surface area contributed by atoms with Gasteiger partial charge in [0.05, 0.1) is 11.6 Å². The van der Waals surface area contributed by atoms with Crippen LogP contribution in [0.15, 0.2) is 29.3 Å². The van der Waals surface area contributed by atoms with Crippen molar-refractivity contribution in [1.82, 2.24) is 20.6 Å². The molecule has 1 aromatic heterocycles. The van der Waals surface area contributed by atoms with Crippen LogP contribution in [0.4, 0.5) is 5.95 Å². The Balaban J connectivity index is 2.27. The Bertz CT molecular complexity index is 536. The number of benzene rings is 1. The number of hydrogen-bond donors (Lipinski definition) is 1. The molecule has 0 radical (unpaired) electrons. The molecule has 0 aliphatic rings. The van der Waals surface area contributed by atoms with E-state index in [2.05, 4.69) is 25.6 Å². The van der Waals surface area contributed by atoms with E-state index >= 15 is 0 Å². The van der Waals surface area contributed by atoms with Crippen LogP contribution in [0.5, 0.6) is 0 Å². The number of tetrazole rings is 1. The minimum absolute atomic E-state index is 0.0191. The molecule has 1 heterocycles. The largest absolute Gasteiger partial charge is 0.858 e. The molecule has 0 aliphatic heterocycles. The fourth-order valence-corrected chi connectivity index (χ4v) is 1.05. The first-order chi connectivity index (χ1) is 7.79. The summed E-state index contributed by atoms with van der Waals surface area (Å²) < 4.78 is 0. The quantitative estimate of drug-likeness (QED) is 0.534. The van der Waals surface area contributed by atoms with Crippen LogP contribution in [0.25, 0.3) is 0 Å². The van der Waals surface area contributed by atoms with Gasteiger partial charge in [0.2, 0.25) is 0 Å². The molecule has 1 N–H and O–H groups in total. The molecule has 7 nitrogen and oxygen atoms in total. The topological polar surface area (TPSA) is 114 Å². The van der Waals surface area contributed by atoms with E-state index in [1.54, 1.807) is 12.1 Å². The maximum atomic E-state index is 11.5. The first-order valence-electron chi connectivity index (χ1n) is 4.29. The van der Waals surface area contributed by atoms with E-state index in [1.165, 1.54) is 12.1 Å². The van der Waals surface area contributed by atoms with Crippen LogP contribution in [0, 0.1) is 11.3 Å². The number of aliphatic imine (C=N–C) groups is 1. The van der Waals surface area contributed by atoms with Gasteiger partial charge in [0, 0.05) is 0 Å².